The summed E-state index contributed by atoms with van der Waals surface area (Å²) in [5.41, 5.74) is 0.114. The fourth-order valence-electron chi connectivity index (χ4n) is 1.77. The molecular formula is C15H19Cl2NO4. The highest BCUT2D eigenvalue weighted by Gasteiger charge is 2.23. The van der Waals surface area contributed by atoms with Crippen LogP contribution in [0.15, 0.2) is 18.2 Å². The van der Waals surface area contributed by atoms with E-state index in [-0.39, 0.29) is 6.42 Å². The van der Waals surface area contributed by atoms with Crippen molar-refractivity contribution in [3.63, 3.8) is 0 Å². The van der Waals surface area contributed by atoms with Crippen LogP contribution in [0.3, 0.4) is 0 Å². The van der Waals surface area contributed by atoms with Gasteiger partial charge in [-0.2, -0.15) is 0 Å². The van der Waals surface area contributed by atoms with Crippen LogP contribution in [0.2, 0.25) is 10.0 Å². The van der Waals surface area contributed by atoms with Crippen LogP contribution in [0.5, 0.6) is 0 Å². The lowest BCUT2D eigenvalue weighted by atomic mass is 10.1. The number of alkyl carbamates (subject to hydrolysis) is 1. The molecular weight excluding hydrogens is 329 g/mol. The molecule has 0 radical (unpaired) electrons. The molecule has 1 atom stereocenters. The number of rotatable bonds is 5. The average Bonchev–Trinajstić information content (AvgIpc) is 2.30. The molecule has 0 aliphatic rings. The van der Waals surface area contributed by atoms with Crippen molar-refractivity contribution in [2.75, 3.05) is 0 Å². The van der Waals surface area contributed by atoms with E-state index in [0.717, 1.165) is 5.56 Å². The number of ether oxygens (including phenoxy) is 1. The van der Waals surface area contributed by atoms with Crippen LogP contribution in [0, 0.1) is 0 Å². The third-order valence-corrected chi connectivity index (χ3v) is 3.07. The number of nitrogens with one attached hydrogen (secondary N) is 1. The van der Waals surface area contributed by atoms with E-state index in [1.165, 1.54) is 0 Å². The van der Waals surface area contributed by atoms with Crippen molar-refractivity contribution in [2.24, 2.45) is 0 Å². The predicted octanol–water partition coefficient (Wildman–Crippen LogP) is 3.90. The largest absolute Gasteiger partial charge is 0.480 e. The zero-order valence-corrected chi connectivity index (χ0v) is 14.2. The molecule has 0 saturated heterocycles. The first kappa shape index (κ1) is 18.6. The number of amides is 1. The molecule has 22 heavy (non-hydrogen) atoms. The van der Waals surface area contributed by atoms with Gasteiger partial charge >= 0.3 is 12.1 Å². The summed E-state index contributed by atoms with van der Waals surface area (Å²) in [5, 5.41) is 12.5. The van der Waals surface area contributed by atoms with Crippen LogP contribution >= 0.6 is 23.2 Å². The van der Waals surface area contributed by atoms with E-state index in [2.05, 4.69) is 5.32 Å². The SMILES string of the molecule is CC(C)(C)OC(=O)NC(CCc1cc(Cl)cc(Cl)c1)C(=O)O. The normalized spacial score (nSPS) is 12.6. The van der Waals surface area contributed by atoms with Crippen LogP contribution in [0.25, 0.3) is 0 Å². The molecule has 2 N–H and O–H groups in total. The minimum atomic E-state index is -1.13. The summed E-state index contributed by atoms with van der Waals surface area (Å²) in [4.78, 5) is 22.9. The number of carbonyl (C=O) groups excluding carboxylic acids is 1. The summed E-state index contributed by atoms with van der Waals surface area (Å²) in [6, 6.07) is 3.97. The first-order valence-electron chi connectivity index (χ1n) is 6.74. The number of carboxylic acids is 1. The van der Waals surface area contributed by atoms with Gasteiger partial charge in [-0.3, -0.25) is 0 Å². The summed E-state index contributed by atoms with van der Waals surface area (Å²) in [6.45, 7) is 5.11. The van der Waals surface area contributed by atoms with Crippen LogP contribution < -0.4 is 5.32 Å². The molecule has 0 bridgehead atoms. The molecule has 0 heterocycles. The molecule has 0 aliphatic carbocycles. The van der Waals surface area contributed by atoms with Crippen molar-refractivity contribution in [3.8, 4) is 0 Å². The fraction of sp³-hybridized carbons (Fsp3) is 0.467. The maximum absolute atomic E-state index is 11.7. The Morgan fingerprint density at radius 3 is 2.23 bits per heavy atom. The second kappa shape index (κ2) is 7.70. The highest BCUT2D eigenvalue weighted by atomic mass is 35.5. The number of aryl methyl sites for hydroxylation is 1. The lowest BCUT2D eigenvalue weighted by molar-refractivity contribution is -0.139. The summed E-state index contributed by atoms with van der Waals surface area (Å²) in [7, 11) is 0. The Hall–Kier alpha value is -1.46. The van der Waals surface area contributed by atoms with Gasteiger partial charge in [0.25, 0.3) is 0 Å². The monoisotopic (exact) mass is 347 g/mol. The number of halogens is 2. The van der Waals surface area contributed by atoms with E-state index in [1.807, 2.05) is 0 Å². The lowest BCUT2D eigenvalue weighted by Gasteiger charge is -2.22. The molecule has 0 spiro atoms. The number of benzene rings is 1. The highest BCUT2D eigenvalue weighted by Crippen LogP contribution is 2.20. The van der Waals surface area contributed by atoms with Gasteiger partial charge in [-0.25, -0.2) is 9.59 Å². The van der Waals surface area contributed by atoms with Gasteiger partial charge in [-0.15, -0.1) is 0 Å². The first-order chi connectivity index (χ1) is 10.1. The molecule has 1 unspecified atom stereocenters. The van der Waals surface area contributed by atoms with Gasteiger partial charge in [0.1, 0.15) is 11.6 Å². The lowest BCUT2D eigenvalue weighted by Crippen LogP contribution is -2.43. The van der Waals surface area contributed by atoms with Crippen LogP contribution in [-0.2, 0) is 16.0 Å². The van der Waals surface area contributed by atoms with Gasteiger partial charge in [0.05, 0.1) is 0 Å². The number of carboxylic acid groups (broad SMARTS) is 1. The minimum Gasteiger partial charge on any atom is -0.480 e. The maximum Gasteiger partial charge on any atom is 0.408 e. The molecule has 0 saturated carbocycles. The quantitative estimate of drug-likeness (QED) is 0.846. The standard InChI is InChI=1S/C15H19Cl2NO4/c1-15(2,3)22-14(21)18-12(13(19)20)5-4-9-6-10(16)8-11(17)7-9/h6-8,12H,4-5H2,1-3H3,(H,18,21)(H,19,20). The van der Waals surface area contributed by atoms with E-state index in [4.69, 9.17) is 27.9 Å². The summed E-state index contributed by atoms with van der Waals surface area (Å²) < 4.78 is 5.05. The van der Waals surface area contributed by atoms with E-state index >= 15 is 0 Å². The van der Waals surface area contributed by atoms with Gasteiger partial charge in [0, 0.05) is 10.0 Å². The van der Waals surface area contributed by atoms with E-state index in [1.54, 1.807) is 39.0 Å². The van der Waals surface area contributed by atoms with E-state index < -0.39 is 23.7 Å². The van der Waals surface area contributed by atoms with Crippen molar-refractivity contribution in [1.82, 2.24) is 5.32 Å². The molecule has 0 aromatic heterocycles. The number of hydrogen-bond acceptors (Lipinski definition) is 3. The predicted molar refractivity (Wildman–Crippen MR) is 85.6 cm³/mol. The number of hydrogen-bond donors (Lipinski definition) is 2. The smallest absolute Gasteiger partial charge is 0.408 e. The number of carbonyl (C=O) groups is 2. The van der Waals surface area contributed by atoms with Gasteiger partial charge in [-0.05, 0) is 57.4 Å². The third-order valence-electron chi connectivity index (χ3n) is 2.63. The molecule has 1 aromatic rings. The zero-order chi connectivity index (χ0) is 16.9. The summed E-state index contributed by atoms with van der Waals surface area (Å²) in [5.74, 6) is -1.13. The van der Waals surface area contributed by atoms with Crippen molar-refractivity contribution in [3.05, 3.63) is 33.8 Å². The Balaban J connectivity index is 2.65. The molecule has 7 heteroatoms. The van der Waals surface area contributed by atoms with Crippen molar-refractivity contribution < 1.29 is 19.4 Å². The average molecular weight is 348 g/mol. The second-order valence-electron chi connectivity index (χ2n) is 5.85. The van der Waals surface area contributed by atoms with Gasteiger partial charge in [0.2, 0.25) is 0 Å². The molecule has 1 amide bonds. The molecule has 0 aliphatic heterocycles. The Labute approximate surface area is 139 Å². The van der Waals surface area contributed by atoms with Crippen molar-refractivity contribution >= 4 is 35.3 Å². The molecule has 1 rings (SSSR count). The molecule has 0 fully saturated rings. The summed E-state index contributed by atoms with van der Waals surface area (Å²) >= 11 is 11.8. The van der Waals surface area contributed by atoms with Gasteiger partial charge in [0.15, 0.2) is 0 Å². The van der Waals surface area contributed by atoms with Gasteiger partial charge < -0.3 is 15.2 Å². The van der Waals surface area contributed by atoms with E-state index in [0.29, 0.717) is 16.5 Å². The van der Waals surface area contributed by atoms with Crippen LogP contribution in [0.1, 0.15) is 32.8 Å². The van der Waals surface area contributed by atoms with Crippen molar-refractivity contribution in [2.45, 2.75) is 45.3 Å². The second-order valence-corrected chi connectivity index (χ2v) is 6.73. The molecule has 1 aromatic carbocycles. The topological polar surface area (TPSA) is 75.6 Å². The van der Waals surface area contributed by atoms with Crippen molar-refractivity contribution in [1.29, 1.82) is 0 Å². The first-order valence-corrected chi connectivity index (χ1v) is 7.50. The Morgan fingerprint density at radius 2 is 1.77 bits per heavy atom. The zero-order valence-electron chi connectivity index (χ0n) is 12.7. The highest BCUT2D eigenvalue weighted by molar-refractivity contribution is 6.34. The summed E-state index contributed by atoms with van der Waals surface area (Å²) in [6.07, 6.45) is -0.151. The third kappa shape index (κ3) is 7.00. The molecule has 5 nitrogen and oxygen atoms in total. The number of aliphatic carboxylic acids is 1. The minimum absolute atomic E-state index is 0.200. The van der Waals surface area contributed by atoms with Gasteiger partial charge in [-0.1, -0.05) is 23.2 Å². The maximum atomic E-state index is 11.7. The fourth-order valence-corrected chi connectivity index (χ4v) is 2.34. The Morgan fingerprint density at radius 1 is 1.23 bits per heavy atom. The molecule has 122 valence electrons. The van der Waals surface area contributed by atoms with E-state index in [9.17, 15) is 14.7 Å². The Bertz CT molecular complexity index is 535. The van der Waals surface area contributed by atoms with Crippen LogP contribution in [-0.4, -0.2) is 28.8 Å². The van der Waals surface area contributed by atoms with Crippen LogP contribution in [0.4, 0.5) is 4.79 Å². The Kier molecular flexibility index (Phi) is 6.50.